The summed E-state index contributed by atoms with van der Waals surface area (Å²) >= 11 is 6.20. The van der Waals surface area contributed by atoms with Crippen LogP contribution in [-0.4, -0.2) is 24.3 Å². The number of para-hydroxylation sites is 1. The largest absolute Gasteiger partial charge is 0.504 e. The normalized spacial score (nSPS) is 10.3. The van der Waals surface area contributed by atoms with Crippen LogP contribution in [0.5, 0.6) is 11.5 Å². The van der Waals surface area contributed by atoms with E-state index in [0.29, 0.717) is 11.6 Å². The van der Waals surface area contributed by atoms with Gasteiger partial charge in [0, 0.05) is 20.6 Å². The van der Waals surface area contributed by atoms with Crippen molar-refractivity contribution in [2.45, 2.75) is 6.54 Å². The minimum atomic E-state index is -0.122. The number of phenolic OH excluding ortho intramolecular Hbond substituents is 2. The van der Waals surface area contributed by atoms with Crippen molar-refractivity contribution in [2.24, 2.45) is 0 Å². The number of nitrogens with zero attached hydrogens (tertiary/aromatic N) is 1. The molecule has 2 rings (SSSR count). The molecule has 0 amide bonds. The molecule has 0 bridgehead atoms. The zero-order valence-corrected chi connectivity index (χ0v) is 12.1. The Bertz CT molecular complexity index is 615. The summed E-state index contributed by atoms with van der Waals surface area (Å²) in [6.07, 6.45) is 0. The van der Waals surface area contributed by atoms with Crippen LogP contribution in [0.4, 0.5) is 11.4 Å². The van der Waals surface area contributed by atoms with Crippen LogP contribution in [-0.2, 0) is 6.54 Å². The summed E-state index contributed by atoms with van der Waals surface area (Å²) in [6, 6.07) is 10.4. The molecule has 2 aromatic rings. The van der Waals surface area contributed by atoms with Gasteiger partial charge in [-0.25, -0.2) is 0 Å². The van der Waals surface area contributed by atoms with Crippen molar-refractivity contribution >= 4 is 23.0 Å². The Balaban J connectivity index is 2.18. The second-order valence-corrected chi connectivity index (χ2v) is 5.11. The van der Waals surface area contributed by atoms with E-state index < -0.39 is 0 Å². The maximum atomic E-state index is 9.48. The van der Waals surface area contributed by atoms with Gasteiger partial charge in [-0.15, -0.1) is 0 Å². The fraction of sp³-hybridized carbons (Fsp3) is 0.200. The number of nitrogens with one attached hydrogen (secondary N) is 1. The maximum Gasteiger partial charge on any atom is 0.157 e. The smallest absolute Gasteiger partial charge is 0.157 e. The molecular formula is C15H17ClN2O2. The molecule has 2 aromatic carbocycles. The highest BCUT2D eigenvalue weighted by Gasteiger charge is 2.09. The molecule has 5 heteroatoms. The van der Waals surface area contributed by atoms with Crippen molar-refractivity contribution in [3.05, 3.63) is 47.0 Å². The first-order valence-corrected chi connectivity index (χ1v) is 6.57. The van der Waals surface area contributed by atoms with Gasteiger partial charge in [-0.3, -0.25) is 0 Å². The van der Waals surface area contributed by atoms with Crippen molar-refractivity contribution in [3.63, 3.8) is 0 Å². The predicted octanol–water partition coefficient (Wildman–Crippen LogP) is 3.43. The monoisotopic (exact) mass is 292 g/mol. The van der Waals surface area contributed by atoms with Crippen molar-refractivity contribution in [3.8, 4) is 11.5 Å². The van der Waals surface area contributed by atoms with Gasteiger partial charge in [0.2, 0.25) is 0 Å². The number of anilines is 2. The lowest BCUT2D eigenvalue weighted by molar-refractivity contribution is 0.403. The SMILES string of the molecule is CN(C)c1c(Cl)cccc1NCc1ccc(O)c(O)c1. The van der Waals surface area contributed by atoms with Crippen molar-refractivity contribution in [2.75, 3.05) is 24.3 Å². The molecule has 0 radical (unpaired) electrons. The van der Waals surface area contributed by atoms with Gasteiger partial charge in [-0.2, -0.15) is 0 Å². The lowest BCUT2D eigenvalue weighted by atomic mass is 10.2. The fourth-order valence-electron chi connectivity index (χ4n) is 1.99. The van der Waals surface area contributed by atoms with Crippen LogP contribution in [0, 0.1) is 0 Å². The Kier molecular flexibility index (Phi) is 4.25. The van der Waals surface area contributed by atoms with Crippen LogP contribution in [0.15, 0.2) is 36.4 Å². The van der Waals surface area contributed by atoms with E-state index in [-0.39, 0.29) is 11.5 Å². The first kappa shape index (κ1) is 14.3. The minimum absolute atomic E-state index is 0.120. The standard InChI is InChI=1S/C15H17ClN2O2/c1-18(2)15-11(16)4-3-5-12(15)17-9-10-6-7-13(19)14(20)8-10/h3-8,17,19-20H,9H2,1-2H3. The third-order valence-corrected chi connectivity index (χ3v) is 3.26. The predicted molar refractivity (Wildman–Crippen MR) is 82.9 cm³/mol. The van der Waals surface area contributed by atoms with E-state index in [2.05, 4.69) is 5.32 Å². The van der Waals surface area contributed by atoms with Crippen molar-refractivity contribution in [1.29, 1.82) is 0 Å². The molecule has 106 valence electrons. The first-order chi connectivity index (χ1) is 9.49. The molecule has 0 saturated carbocycles. The molecule has 0 saturated heterocycles. The summed E-state index contributed by atoms with van der Waals surface area (Å²) < 4.78 is 0. The number of hydrogen-bond donors (Lipinski definition) is 3. The van der Waals surface area contributed by atoms with E-state index in [1.54, 1.807) is 6.07 Å². The molecule has 0 fully saturated rings. The molecular weight excluding hydrogens is 276 g/mol. The number of halogens is 1. The molecule has 0 aliphatic carbocycles. The van der Waals surface area contributed by atoms with Crippen LogP contribution >= 0.6 is 11.6 Å². The Morgan fingerprint density at radius 1 is 1.10 bits per heavy atom. The number of phenols is 2. The van der Waals surface area contributed by atoms with Gasteiger partial charge in [-0.05, 0) is 29.8 Å². The topological polar surface area (TPSA) is 55.7 Å². The fourth-order valence-corrected chi connectivity index (χ4v) is 2.33. The van der Waals surface area contributed by atoms with Crippen molar-refractivity contribution in [1.82, 2.24) is 0 Å². The van der Waals surface area contributed by atoms with Gasteiger partial charge in [0.15, 0.2) is 11.5 Å². The van der Waals surface area contributed by atoms with Crippen LogP contribution in [0.2, 0.25) is 5.02 Å². The molecule has 20 heavy (non-hydrogen) atoms. The molecule has 0 aliphatic rings. The number of hydrogen-bond acceptors (Lipinski definition) is 4. The number of aromatic hydroxyl groups is 2. The second kappa shape index (κ2) is 5.92. The average Bonchev–Trinajstić information content (AvgIpc) is 2.39. The molecule has 0 spiro atoms. The third kappa shape index (κ3) is 3.08. The molecule has 0 unspecified atom stereocenters. The summed E-state index contributed by atoms with van der Waals surface area (Å²) in [6.45, 7) is 0.523. The van der Waals surface area contributed by atoms with Crippen molar-refractivity contribution < 1.29 is 10.2 Å². The molecule has 0 atom stereocenters. The number of rotatable bonds is 4. The third-order valence-electron chi connectivity index (χ3n) is 2.96. The summed E-state index contributed by atoms with van der Waals surface area (Å²) in [7, 11) is 3.86. The Labute approximate surface area is 123 Å². The summed E-state index contributed by atoms with van der Waals surface area (Å²) in [5, 5.41) is 22.7. The quantitative estimate of drug-likeness (QED) is 0.756. The first-order valence-electron chi connectivity index (χ1n) is 6.19. The molecule has 3 N–H and O–H groups in total. The molecule has 0 aliphatic heterocycles. The lowest BCUT2D eigenvalue weighted by Crippen LogP contribution is -2.12. The summed E-state index contributed by atoms with van der Waals surface area (Å²) in [4.78, 5) is 1.94. The maximum absolute atomic E-state index is 9.48. The van der Waals surface area contributed by atoms with Gasteiger partial charge >= 0.3 is 0 Å². The molecule has 4 nitrogen and oxygen atoms in total. The van der Waals surface area contributed by atoms with E-state index in [9.17, 15) is 10.2 Å². The Morgan fingerprint density at radius 2 is 1.85 bits per heavy atom. The van der Waals surface area contributed by atoms with E-state index in [0.717, 1.165) is 16.9 Å². The van der Waals surface area contributed by atoms with Crippen LogP contribution in [0.25, 0.3) is 0 Å². The van der Waals surface area contributed by atoms with Crippen LogP contribution < -0.4 is 10.2 Å². The van der Waals surface area contributed by atoms with Crippen LogP contribution in [0.1, 0.15) is 5.56 Å². The van der Waals surface area contributed by atoms with Gasteiger partial charge in [0.25, 0.3) is 0 Å². The molecule has 0 heterocycles. The zero-order valence-electron chi connectivity index (χ0n) is 11.4. The highest BCUT2D eigenvalue weighted by molar-refractivity contribution is 6.34. The summed E-state index contributed by atoms with van der Waals surface area (Å²) in [5.41, 5.74) is 2.69. The second-order valence-electron chi connectivity index (χ2n) is 4.71. The lowest BCUT2D eigenvalue weighted by Gasteiger charge is -2.20. The van der Waals surface area contributed by atoms with Gasteiger partial charge in [0.1, 0.15) is 0 Å². The van der Waals surface area contributed by atoms with E-state index >= 15 is 0 Å². The summed E-state index contributed by atoms with van der Waals surface area (Å²) in [5.74, 6) is -0.242. The number of benzene rings is 2. The Hall–Kier alpha value is -2.07. The Morgan fingerprint density at radius 3 is 2.50 bits per heavy atom. The average molecular weight is 293 g/mol. The molecule has 0 aromatic heterocycles. The highest BCUT2D eigenvalue weighted by atomic mass is 35.5. The minimum Gasteiger partial charge on any atom is -0.504 e. The van der Waals surface area contributed by atoms with E-state index in [1.807, 2.05) is 37.2 Å². The van der Waals surface area contributed by atoms with Gasteiger partial charge < -0.3 is 20.4 Å². The van der Waals surface area contributed by atoms with Gasteiger partial charge in [0.05, 0.1) is 16.4 Å². The van der Waals surface area contributed by atoms with E-state index in [1.165, 1.54) is 12.1 Å². The zero-order chi connectivity index (χ0) is 14.7. The van der Waals surface area contributed by atoms with E-state index in [4.69, 9.17) is 11.6 Å². The van der Waals surface area contributed by atoms with Gasteiger partial charge in [-0.1, -0.05) is 23.7 Å². The highest BCUT2D eigenvalue weighted by Crippen LogP contribution is 2.33. The van der Waals surface area contributed by atoms with Crippen LogP contribution in [0.3, 0.4) is 0 Å².